The molecule has 1 aliphatic heterocycles. The van der Waals surface area contributed by atoms with Crippen molar-refractivity contribution in [3.63, 3.8) is 0 Å². The Hall–Kier alpha value is -3.66. The van der Waals surface area contributed by atoms with Gasteiger partial charge in [-0.1, -0.05) is 59.7 Å². The molecule has 1 fully saturated rings. The topological polar surface area (TPSA) is 57.6 Å². The molecule has 3 aromatic rings. The summed E-state index contributed by atoms with van der Waals surface area (Å²) < 4.78 is 0. The highest BCUT2D eigenvalue weighted by atomic mass is 16.3. The van der Waals surface area contributed by atoms with Crippen molar-refractivity contribution in [2.24, 2.45) is 0 Å². The molecular weight excluding hydrogens is 386 g/mol. The van der Waals surface area contributed by atoms with E-state index in [-0.39, 0.29) is 11.3 Å². The Balaban J connectivity index is 1.96. The molecule has 1 atom stereocenters. The zero-order valence-electron chi connectivity index (χ0n) is 18.1. The van der Waals surface area contributed by atoms with Crippen molar-refractivity contribution >= 4 is 23.1 Å². The van der Waals surface area contributed by atoms with Crippen molar-refractivity contribution in [3.05, 3.63) is 106 Å². The molecule has 4 nitrogen and oxygen atoms in total. The molecule has 0 aliphatic carbocycles. The smallest absolute Gasteiger partial charge is 0.300 e. The van der Waals surface area contributed by atoms with E-state index >= 15 is 0 Å². The van der Waals surface area contributed by atoms with Crippen molar-refractivity contribution in [3.8, 4) is 0 Å². The SMILES string of the molecule is Cc1ccc(N2C(=O)C(=O)/C(=C(\O)c3ccc(C)c(C)c3)C2c2cccc(C)c2)cc1. The van der Waals surface area contributed by atoms with Crippen molar-refractivity contribution in [1.29, 1.82) is 0 Å². The summed E-state index contributed by atoms with van der Waals surface area (Å²) >= 11 is 0. The molecule has 0 spiro atoms. The summed E-state index contributed by atoms with van der Waals surface area (Å²) in [5.74, 6) is -1.47. The maximum atomic E-state index is 13.2. The average molecular weight is 412 g/mol. The minimum atomic E-state index is -0.704. The summed E-state index contributed by atoms with van der Waals surface area (Å²) in [5.41, 5.74) is 6.21. The van der Waals surface area contributed by atoms with Crippen LogP contribution in [0.4, 0.5) is 5.69 Å². The fourth-order valence-corrected chi connectivity index (χ4v) is 4.00. The lowest BCUT2D eigenvalue weighted by Gasteiger charge is -2.26. The summed E-state index contributed by atoms with van der Waals surface area (Å²) in [7, 11) is 0. The fourth-order valence-electron chi connectivity index (χ4n) is 4.00. The predicted molar refractivity (Wildman–Crippen MR) is 123 cm³/mol. The third kappa shape index (κ3) is 3.66. The average Bonchev–Trinajstić information content (AvgIpc) is 3.01. The predicted octanol–water partition coefficient (Wildman–Crippen LogP) is 5.55. The van der Waals surface area contributed by atoms with Gasteiger partial charge >= 0.3 is 0 Å². The molecule has 4 rings (SSSR count). The van der Waals surface area contributed by atoms with Gasteiger partial charge in [0.25, 0.3) is 11.7 Å². The molecule has 1 heterocycles. The zero-order chi connectivity index (χ0) is 22.3. The van der Waals surface area contributed by atoms with Crippen LogP contribution in [-0.2, 0) is 9.59 Å². The zero-order valence-corrected chi connectivity index (χ0v) is 18.1. The number of benzene rings is 3. The molecule has 0 aromatic heterocycles. The molecule has 1 amide bonds. The second-order valence-corrected chi connectivity index (χ2v) is 8.22. The molecule has 0 radical (unpaired) electrons. The van der Waals surface area contributed by atoms with Crippen molar-refractivity contribution in [2.75, 3.05) is 4.90 Å². The first kappa shape index (κ1) is 20.6. The third-order valence-corrected chi connectivity index (χ3v) is 5.89. The Morgan fingerprint density at radius 2 is 1.52 bits per heavy atom. The molecule has 0 saturated carbocycles. The van der Waals surface area contributed by atoms with Gasteiger partial charge < -0.3 is 5.11 Å². The van der Waals surface area contributed by atoms with Crippen LogP contribution in [-0.4, -0.2) is 16.8 Å². The van der Waals surface area contributed by atoms with Crippen LogP contribution in [0, 0.1) is 27.7 Å². The number of ketones is 1. The summed E-state index contributed by atoms with van der Waals surface area (Å²) in [6, 6.07) is 20.0. The summed E-state index contributed by atoms with van der Waals surface area (Å²) in [6.07, 6.45) is 0. The molecule has 0 bridgehead atoms. The van der Waals surface area contributed by atoms with E-state index in [1.54, 1.807) is 6.07 Å². The Bertz CT molecular complexity index is 1220. The van der Waals surface area contributed by atoms with Gasteiger partial charge in [-0.15, -0.1) is 0 Å². The molecule has 4 heteroatoms. The minimum absolute atomic E-state index is 0.111. The van der Waals surface area contributed by atoms with E-state index in [1.165, 1.54) is 4.90 Å². The van der Waals surface area contributed by atoms with Crippen LogP contribution in [0.3, 0.4) is 0 Å². The number of Topliss-reactive ketones (excluding diaryl/α,β-unsaturated/α-hetero) is 1. The number of rotatable bonds is 3. The van der Waals surface area contributed by atoms with E-state index in [4.69, 9.17) is 0 Å². The monoisotopic (exact) mass is 411 g/mol. The van der Waals surface area contributed by atoms with E-state index < -0.39 is 17.7 Å². The first-order valence-electron chi connectivity index (χ1n) is 10.3. The van der Waals surface area contributed by atoms with Gasteiger partial charge in [-0.2, -0.15) is 0 Å². The number of nitrogens with zero attached hydrogens (tertiary/aromatic N) is 1. The van der Waals surface area contributed by atoms with Crippen LogP contribution in [0.15, 0.2) is 72.3 Å². The second-order valence-electron chi connectivity index (χ2n) is 8.22. The van der Waals surface area contributed by atoms with Gasteiger partial charge in [0.2, 0.25) is 0 Å². The summed E-state index contributed by atoms with van der Waals surface area (Å²) in [5, 5.41) is 11.2. The molecule has 31 heavy (non-hydrogen) atoms. The molecule has 156 valence electrons. The second kappa shape index (κ2) is 7.88. The number of carbonyl (C=O) groups is 2. The first-order valence-corrected chi connectivity index (χ1v) is 10.3. The van der Waals surface area contributed by atoms with Crippen LogP contribution in [0.25, 0.3) is 5.76 Å². The Labute approximate surface area is 182 Å². The van der Waals surface area contributed by atoms with Crippen molar-refractivity contribution < 1.29 is 14.7 Å². The lowest BCUT2D eigenvalue weighted by atomic mass is 9.93. The van der Waals surface area contributed by atoms with E-state index in [0.717, 1.165) is 27.8 Å². The highest BCUT2D eigenvalue weighted by molar-refractivity contribution is 6.51. The van der Waals surface area contributed by atoms with Gasteiger partial charge in [0.15, 0.2) is 0 Å². The normalized spacial score (nSPS) is 17.9. The number of anilines is 1. The van der Waals surface area contributed by atoms with Gasteiger partial charge in [0.05, 0.1) is 11.6 Å². The van der Waals surface area contributed by atoms with Gasteiger partial charge in [-0.25, -0.2) is 0 Å². The lowest BCUT2D eigenvalue weighted by Crippen LogP contribution is -2.29. The largest absolute Gasteiger partial charge is 0.507 e. The third-order valence-electron chi connectivity index (χ3n) is 5.89. The van der Waals surface area contributed by atoms with Crippen LogP contribution in [0.1, 0.15) is 39.4 Å². The number of amides is 1. The van der Waals surface area contributed by atoms with Gasteiger partial charge in [0, 0.05) is 11.3 Å². The quantitative estimate of drug-likeness (QED) is 0.349. The maximum Gasteiger partial charge on any atom is 0.300 e. The van der Waals surface area contributed by atoms with Crippen LogP contribution in [0.2, 0.25) is 0 Å². The van der Waals surface area contributed by atoms with E-state index in [9.17, 15) is 14.7 Å². The van der Waals surface area contributed by atoms with Crippen molar-refractivity contribution in [1.82, 2.24) is 0 Å². The number of aliphatic hydroxyl groups is 1. The fraction of sp³-hybridized carbons (Fsp3) is 0.185. The molecule has 1 unspecified atom stereocenters. The van der Waals surface area contributed by atoms with Gasteiger partial charge in [-0.05, 0) is 62.6 Å². The van der Waals surface area contributed by atoms with Gasteiger partial charge in [0.1, 0.15) is 5.76 Å². The molecule has 1 N–H and O–H groups in total. The molecular formula is C27H25NO3. The maximum absolute atomic E-state index is 13.2. The van der Waals surface area contributed by atoms with Crippen LogP contribution < -0.4 is 4.90 Å². The summed E-state index contributed by atoms with van der Waals surface area (Å²) in [6.45, 7) is 7.87. The minimum Gasteiger partial charge on any atom is -0.507 e. The highest BCUT2D eigenvalue weighted by Gasteiger charge is 2.46. The number of hydrogen-bond donors (Lipinski definition) is 1. The molecule has 1 aliphatic rings. The highest BCUT2D eigenvalue weighted by Crippen LogP contribution is 2.42. The van der Waals surface area contributed by atoms with Crippen LogP contribution in [0.5, 0.6) is 0 Å². The Morgan fingerprint density at radius 1 is 0.806 bits per heavy atom. The number of hydrogen-bond acceptors (Lipinski definition) is 3. The molecule has 3 aromatic carbocycles. The standard InChI is InChI=1S/C27H25NO3/c1-16-8-12-22(13-9-16)28-24(20-7-5-6-17(2)14-20)23(26(30)27(28)31)25(29)21-11-10-18(3)19(4)15-21/h5-15,24,29H,1-4H3/b25-23-. The Morgan fingerprint density at radius 3 is 2.16 bits per heavy atom. The van der Waals surface area contributed by atoms with E-state index in [1.807, 2.05) is 88.4 Å². The van der Waals surface area contributed by atoms with E-state index in [2.05, 4.69) is 0 Å². The lowest BCUT2D eigenvalue weighted by molar-refractivity contribution is -0.132. The number of aliphatic hydroxyl groups excluding tert-OH is 1. The number of aryl methyl sites for hydroxylation is 4. The van der Waals surface area contributed by atoms with Crippen molar-refractivity contribution in [2.45, 2.75) is 33.7 Å². The van der Waals surface area contributed by atoms with Gasteiger partial charge in [-0.3, -0.25) is 14.5 Å². The Kier molecular flexibility index (Phi) is 5.24. The number of carbonyl (C=O) groups excluding carboxylic acids is 2. The first-order chi connectivity index (χ1) is 14.8. The molecule has 1 saturated heterocycles. The van der Waals surface area contributed by atoms with Crippen LogP contribution >= 0.6 is 0 Å². The van der Waals surface area contributed by atoms with E-state index in [0.29, 0.717) is 11.3 Å². The summed E-state index contributed by atoms with van der Waals surface area (Å²) in [4.78, 5) is 27.8.